The molecular weight excluding hydrogens is 188 g/mol. The van der Waals surface area contributed by atoms with Gasteiger partial charge in [-0.2, -0.15) is 0 Å². The van der Waals surface area contributed by atoms with E-state index in [-0.39, 0.29) is 0 Å². The Balaban J connectivity index is 0.000000171. The minimum Gasteiger partial charge on any atom is -0.478 e. The molecule has 0 aromatic heterocycles. The van der Waals surface area contributed by atoms with Crippen LogP contribution in [-0.2, 0) is 19.1 Å². The standard InChI is InChI=1S/C6H4O3.C3H4O2/c7-5-3-1-2-4(3)6(8)9-5;1-2-3(4)5/h1-2H2;2H,1H2,(H,4,5). The summed E-state index contributed by atoms with van der Waals surface area (Å²) in [5.41, 5.74) is 1.19. The number of hydrogen-bond acceptors (Lipinski definition) is 4. The Kier molecular flexibility index (Phi) is 2.81. The van der Waals surface area contributed by atoms with Crippen molar-refractivity contribution in [2.75, 3.05) is 0 Å². The number of carbonyl (C=O) groups excluding carboxylic acids is 2. The third-order valence-corrected chi connectivity index (χ3v) is 1.84. The molecule has 1 aliphatic heterocycles. The van der Waals surface area contributed by atoms with E-state index in [1.54, 1.807) is 0 Å². The summed E-state index contributed by atoms with van der Waals surface area (Å²) in [5, 5.41) is 7.60. The van der Waals surface area contributed by atoms with E-state index < -0.39 is 17.9 Å². The first kappa shape index (κ1) is 10.2. The molecule has 0 radical (unpaired) electrons. The molecule has 0 atom stereocenters. The summed E-state index contributed by atoms with van der Waals surface area (Å²) in [7, 11) is 0. The zero-order valence-electron chi connectivity index (χ0n) is 7.28. The Morgan fingerprint density at radius 3 is 1.79 bits per heavy atom. The molecule has 1 aliphatic carbocycles. The lowest BCUT2D eigenvalue weighted by atomic mass is 9.91. The fourth-order valence-electron chi connectivity index (χ4n) is 1.03. The Hall–Kier alpha value is -1.91. The molecule has 2 rings (SSSR count). The van der Waals surface area contributed by atoms with Gasteiger partial charge in [0.1, 0.15) is 0 Å². The van der Waals surface area contributed by atoms with Gasteiger partial charge in [0.15, 0.2) is 0 Å². The predicted octanol–water partition coefficient (Wildman–Crippen LogP) is 0.417. The molecule has 2 aliphatic rings. The van der Waals surface area contributed by atoms with E-state index in [0.717, 1.165) is 18.9 Å². The van der Waals surface area contributed by atoms with Crippen molar-refractivity contribution in [3.05, 3.63) is 23.8 Å². The third kappa shape index (κ3) is 1.87. The van der Waals surface area contributed by atoms with Gasteiger partial charge in [-0.25, -0.2) is 14.4 Å². The molecule has 0 saturated heterocycles. The molecule has 74 valence electrons. The number of carbonyl (C=O) groups is 3. The van der Waals surface area contributed by atoms with Gasteiger partial charge in [0.2, 0.25) is 0 Å². The summed E-state index contributed by atoms with van der Waals surface area (Å²) in [5.74, 6) is -1.84. The second kappa shape index (κ2) is 3.87. The highest BCUT2D eigenvalue weighted by molar-refractivity contribution is 6.14. The first-order chi connectivity index (χ1) is 6.56. The van der Waals surface area contributed by atoms with Gasteiger partial charge >= 0.3 is 17.9 Å². The second-order valence-electron chi connectivity index (χ2n) is 2.68. The van der Waals surface area contributed by atoms with Crippen molar-refractivity contribution in [2.24, 2.45) is 0 Å². The van der Waals surface area contributed by atoms with Crippen LogP contribution in [0.1, 0.15) is 12.8 Å². The molecular formula is C9H8O5. The van der Waals surface area contributed by atoms with Crippen LogP contribution in [0.4, 0.5) is 0 Å². The summed E-state index contributed by atoms with van der Waals surface area (Å²) < 4.78 is 4.30. The van der Waals surface area contributed by atoms with Crippen LogP contribution in [-0.4, -0.2) is 23.0 Å². The number of hydrogen-bond donors (Lipinski definition) is 1. The van der Waals surface area contributed by atoms with E-state index in [9.17, 15) is 14.4 Å². The van der Waals surface area contributed by atoms with Crippen LogP contribution in [0.5, 0.6) is 0 Å². The minimum atomic E-state index is -0.981. The van der Waals surface area contributed by atoms with Crippen molar-refractivity contribution in [3.8, 4) is 0 Å². The Labute approximate surface area is 79.7 Å². The average molecular weight is 196 g/mol. The maximum atomic E-state index is 10.5. The number of aliphatic carboxylic acids is 1. The smallest absolute Gasteiger partial charge is 0.342 e. The van der Waals surface area contributed by atoms with Crippen LogP contribution in [0.15, 0.2) is 23.8 Å². The number of cyclic esters (lactones) is 2. The van der Waals surface area contributed by atoms with E-state index in [0.29, 0.717) is 11.1 Å². The number of carboxylic acid groups (broad SMARTS) is 1. The zero-order chi connectivity index (χ0) is 10.7. The van der Waals surface area contributed by atoms with Gasteiger partial charge in [-0.3, -0.25) is 0 Å². The molecule has 5 nitrogen and oxygen atoms in total. The van der Waals surface area contributed by atoms with Crippen molar-refractivity contribution in [2.45, 2.75) is 12.8 Å². The van der Waals surface area contributed by atoms with Gasteiger partial charge in [0, 0.05) is 17.2 Å². The van der Waals surface area contributed by atoms with Gasteiger partial charge in [-0.05, 0) is 12.8 Å². The Bertz CT molecular complexity index is 326. The molecule has 1 heterocycles. The normalized spacial score (nSPS) is 17.4. The highest BCUT2D eigenvalue weighted by atomic mass is 16.6. The van der Waals surface area contributed by atoms with Crippen LogP contribution >= 0.6 is 0 Å². The molecule has 0 unspecified atom stereocenters. The predicted molar refractivity (Wildman–Crippen MR) is 45.2 cm³/mol. The summed E-state index contributed by atoms with van der Waals surface area (Å²) in [6.07, 6.45) is 2.28. The number of carboxylic acids is 1. The van der Waals surface area contributed by atoms with Gasteiger partial charge in [-0.15, -0.1) is 0 Å². The monoisotopic (exact) mass is 196 g/mol. The minimum absolute atomic E-state index is 0.429. The fraction of sp³-hybridized carbons (Fsp3) is 0.222. The largest absolute Gasteiger partial charge is 0.478 e. The van der Waals surface area contributed by atoms with Gasteiger partial charge in [0.25, 0.3) is 0 Å². The molecule has 5 heteroatoms. The van der Waals surface area contributed by atoms with Crippen LogP contribution < -0.4 is 0 Å². The highest BCUT2D eigenvalue weighted by Crippen LogP contribution is 2.34. The molecule has 1 N–H and O–H groups in total. The van der Waals surface area contributed by atoms with E-state index in [2.05, 4.69) is 11.3 Å². The molecule has 0 bridgehead atoms. The average Bonchev–Trinajstić information content (AvgIpc) is 2.19. The quantitative estimate of drug-likeness (QED) is 0.373. The van der Waals surface area contributed by atoms with E-state index in [4.69, 9.17) is 5.11 Å². The Morgan fingerprint density at radius 2 is 1.64 bits per heavy atom. The molecule has 0 aromatic rings. The molecule has 0 fully saturated rings. The number of esters is 2. The van der Waals surface area contributed by atoms with Crippen molar-refractivity contribution >= 4 is 17.9 Å². The maximum absolute atomic E-state index is 10.5. The Morgan fingerprint density at radius 1 is 1.29 bits per heavy atom. The maximum Gasteiger partial charge on any atom is 0.342 e. The second-order valence-corrected chi connectivity index (χ2v) is 2.68. The zero-order valence-corrected chi connectivity index (χ0v) is 7.28. The lowest BCUT2D eigenvalue weighted by Crippen LogP contribution is -2.05. The van der Waals surface area contributed by atoms with Crippen LogP contribution in [0.25, 0.3) is 0 Å². The van der Waals surface area contributed by atoms with Gasteiger partial charge < -0.3 is 9.84 Å². The summed E-state index contributed by atoms with van der Waals surface area (Å²) in [6.45, 7) is 2.96. The van der Waals surface area contributed by atoms with Crippen LogP contribution in [0.2, 0.25) is 0 Å². The van der Waals surface area contributed by atoms with Crippen LogP contribution in [0, 0.1) is 0 Å². The lowest BCUT2D eigenvalue weighted by molar-refractivity contribution is -0.150. The number of ether oxygens (including phenoxy) is 1. The molecule has 0 aromatic carbocycles. The molecule has 0 saturated carbocycles. The van der Waals surface area contributed by atoms with E-state index in [1.165, 1.54) is 0 Å². The van der Waals surface area contributed by atoms with Crippen molar-refractivity contribution < 1.29 is 24.2 Å². The molecule has 14 heavy (non-hydrogen) atoms. The van der Waals surface area contributed by atoms with Gasteiger partial charge in [0.05, 0.1) is 0 Å². The summed E-state index contributed by atoms with van der Waals surface area (Å²) in [4.78, 5) is 30.3. The van der Waals surface area contributed by atoms with Crippen molar-refractivity contribution in [1.82, 2.24) is 0 Å². The van der Waals surface area contributed by atoms with Crippen molar-refractivity contribution in [1.29, 1.82) is 0 Å². The van der Waals surface area contributed by atoms with Crippen molar-refractivity contribution in [3.63, 3.8) is 0 Å². The molecule has 0 amide bonds. The SMILES string of the molecule is C=CC(=O)O.O=C1OC(=O)C2=C1CC2. The lowest BCUT2D eigenvalue weighted by Gasteiger charge is -2.07. The number of rotatable bonds is 1. The fourth-order valence-corrected chi connectivity index (χ4v) is 1.03. The first-order valence-corrected chi connectivity index (χ1v) is 3.90. The summed E-state index contributed by atoms with van der Waals surface area (Å²) >= 11 is 0. The topological polar surface area (TPSA) is 80.7 Å². The van der Waals surface area contributed by atoms with Gasteiger partial charge in [-0.1, -0.05) is 6.58 Å². The summed E-state index contributed by atoms with van der Waals surface area (Å²) in [6, 6.07) is 0. The van der Waals surface area contributed by atoms with E-state index >= 15 is 0 Å². The third-order valence-electron chi connectivity index (χ3n) is 1.84. The molecule has 0 spiro atoms. The van der Waals surface area contributed by atoms with Crippen LogP contribution in [0.3, 0.4) is 0 Å². The van der Waals surface area contributed by atoms with E-state index in [1.807, 2.05) is 0 Å². The highest BCUT2D eigenvalue weighted by Gasteiger charge is 2.38. The first-order valence-electron chi connectivity index (χ1n) is 3.90.